The summed E-state index contributed by atoms with van der Waals surface area (Å²) in [4.78, 5) is 18.2. The van der Waals surface area contributed by atoms with Gasteiger partial charge in [0.25, 0.3) is 11.5 Å². The lowest BCUT2D eigenvalue weighted by atomic mass is 10.5. The highest BCUT2D eigenvalue weighted by Crippen LogP contribution is 2.02. The highest BCUT2D eigenvalue weighted by atomic mass is 16.5. The highest BCUT2D eigenvalue weighted by Gasteiger charge is 2.19. The standard InChI is InChI=1S/C9H13N5O3/c1-13-4-14(5-17-3-2-15)7-6(13)8(16)12-9(10)11-7/h4,15H,2-3,5H2,1H3,(H2-,10,11,12,16)/p+1. The summed E-state index contributed by atoms with van der Waals surface area (Å²) in [6.45, 7) is 0.372. The first-order valence-electron chi connectivity index (χ1n) is 5.06. The molecular formula is C9H14N5O3+. The lowest BCUT2D eigenvalue weighted by Crippen LogP contribution is -2.35. The van der Waals surface area contributed by atoms with Crippen LogP contribution in [-0.2, 0) is 18.5 Å². The molecule has 0 bridgehead atoms. The molecule has 8 heteroatoms. The summed E-state index contributed by atoms with van der Waals surface area (Å²) in [7, 11) is 1.73. The van der Waals surface area contributed by atoms with Gasteiger partial charge < -0.3 is 15.6 Å². The number of H-pyrrole nitrogens is 1. The molecule has 0 aliphatic heterocycles. The van der Waals surface area contributed by atoms with E-state index in [4.69, 9.17) is 15.6 Å². The molecule has 8 nitrogen and oxygen atoms in total. The minimum absolute atomic E-state index is 0.0541. The van der Waals surface area contributed by atoms with Gasteiger partial charge in [0.2, 0.25) is 5.52 Å². The van der Waals surface area contributed by atoms with E-state index in [1.165, 1.54) is 0 Å². The second-order valence-corrected chi connectivity index (χ2v) is 3.58. The van der Waals surface area contributed by atoms with Gasteiger partial charge in [0.1, 0.15) is 0 Å². The van der Waals surface area contributed by atoms with Gasteiger partial charge in [-0.2, -0.15) is 0 Å². The largest absolute Gasteiger partial charge is 0.394 e. The number of rotatable bonds is 4. The summed E-state index contributed by atoms with van der Waals surface area (Å²) in [5.41, 5.74) is 6.07. The van der Waals surface area contributed by atoms with E-state index in [-0.39, 0.29) is 31.5 Å². The van der Waals surface area contributed by atoms with E-state index in [1.807, 2.05) is 0 Å². The van der Waals surface area contributed by atoms with Gasteiger partial charge in [-0.15, -0.1) is 0 Å². The quantitative estimate of drug-likeness (QED) is 0.427. The number of aryl methyl sites for hydroxylation is 1. The van der Waals surface area contributed by atoms with Crippen molar-refractivity contribution in [2.24, 2.45) is 7.05 Å². The molecule has 4 N–H and O–H groups in total. The average Bonchev–Trinajstić information content (AvgIpc) is 2.56. The summed E-state index contributed by atoms with van der Waals surface area (Å²) in [5, 5.41) is 8.62. The van der Waals surface area contributed by atoms with Crippen molar-refractivity contribution in [1.29, 1.82) is 0 Å². The van der Waals surface area contributed by atoms with Crippen LogP contribution < -0.4 is 15.9 Å². The first-order valence-corrected chi connectivity index (χ1v) is 5.06. The van der Waals surface area contributed by atoms with Gasteiger partial charge >= 0.3 is 5.65 Å². The number of anilines is 1. The molecule has 0 aliphatic carbocycles. The Labute approximate surface area is 96.3 Å². The first kappa shape index (κ1) is 11.6. The minimum Gasteiger partial charge on any atom is -0.394 e. The molecule has 2 heterocycles. The van der Waals surface area contributed by atoms with Gasteiger partial charge in [-0.1, -0.05) is 4.98 Å². The summed E-state index contributed by atoms with van der Waals surface area (Å²) >= 11 is 0. The van der Waals surface area contributed by atoms with Crippen molar-refractivity contribution >= 4 is 17.1 Å². The molecule has 0 aromatic carbocycles. The number of aromatic nitrogens is 4. The van der Waals surface area contributed by atoms with Gasteiger partial charge in [-0.25, -0.2) is 4.57 Å². The normalized spacial score (nSPS) is 11.2. The van der Waals surface area contributed by atoms with Gasteiger partial charge in [0.05, 0.1) is 20.3 Å². The predicted molar refractivity (Wildman–Crippen MR) is 59.0 cm³/mol. The van der Waals surface area contributed by atoms with Crippen LogP contribution in [0.25, 0.3) is 11.2 Å². The molecule has 2 aromatic rings. The first-order chi connectivity index (χ1) is 8.13. The average molecular weight is 240 g/mol. The van der Waals surface area contributed by atoms with Crippen LogP contribution in [0.2, 0.25) is 0 Å². The van der Waals surface area contributed by atoms with Gasteiger partial charge in [-0.05, 0) is 0 Å². The molecular weight excluding hydrogens is 226 g/mol. The van der Waals surface area contributed by atoms with Crippen LogP contribution >= 0.6 is 0 Å². The highest BCUT2D eigenvalue weighted by molar-refractivity contribution is 5.66. The number of ether oxygens (including phenoxy) is 1. The summed E-state index contributed by atoms with van der Waals surface area (Å²) in [6.07, 6.45) is 1.68. The molecule has 0 aliphatic rings. The number of nitrogen functional groups attached to an aromatic ring is 1. The van der Waals surface area contributed by atoms with Crippen molar-refractivity contribution in [3.05, 3.63) is 16.7 Å². The maximum absolute atomic E-state index is 11.7. The third-order valence-corrected chi connectivity index (χ3v) is 2.30. The fourth-order valence-electron chi connectivity index (χ4n) is 1.63. The van der Waals surface area contributed by atoms with Crippen molar-refractivity contribution < 1.29 is 14.4 Å². The molecule has 0 saturated heterocycles. The van der Waals surface area contributed by atoms with Crippen molar-refractivity contribution in [2.75, 3.05) is 18.9 Å². The van der Waals surface area contributed by atoms with E-state index in [2.05, 4.69) is 9.97 Å². The number of fused-ring (bicyclic) bond motifs is 1. The molecule has 0 radical (unpaired) electrons. The van der Waals surface area contributed by atoms with Crippen molar-refractivity contribution in [3.63, 3.8) is 0 Å². The fraction of sp³-hybridized carbons (Fsp3) is 0.444. The van der Waals surface area contributed by atoms with E-state index in [0.717, 1.165) is 0 Å². The van der Waals surface area contributed by atoms with Crippen molar-refractivity contribution in [1.82, 2.24) is 14.5 Å². The molecule has 92 valence electrons. The van der Waals surface area contributed by atoms with E-state index in [0.29, 0.717) is 11.2 Å². The Kier molecular flexibility index (Phi) is 3.07. The lowest BCUT2D eigenvalue weighted by Gasteiger charge is -1.98. The number of aliphatic hydroxyl groups excluding tert-OH is 1. The number of nitrogens with two attached hydrogens (primary N) is 1. The van der Waals surface area contributed by atoms with E-state index in [1.54, 1.807) is 22.5 Å². The Morgan fingerprint density at radius 3 is 3.18 bits per heavy atom. The Hall–Kier alpha value is -1.93. The zero-order valence-electron chi connectivity index (χ0n) is 9.38. The zero-order valence-corrected chi connectivity index (χ0v) is 9.38. The number of nitrogens with one attached hydrogen (secondary N) is 1. The molecule has 2 aromatic heterocycles. The molecule has 0 amide bonds. The molecule has 0 spiro atoms. The number of hydrogen-bond acceptors (Lipinski definition) is 5. The van der Waals surface area contributed by atoms with Gasteiger partial charge in [0, 0.05) is 0 Å². The number of hydrogen-bond donors (Lipinski definition) is 3. The number of aliphatic hydroxyl groups is 1. The van der Waals surface area contributed by atoms with E-state index in [9.17, 15) is 4.79 Å². The second-order valence-electron chi connectivity index (χ2n) is 3.58. The smallest absolute Gasteiger partial charge is 0.313 e. The number of aromatic amines is 1. The molecule has 17 heavy (non-hydrogen) atoms. The molecule has 0 fully saturated rings. The Balaban J connectivity index is 2.47. The lowest BCUT2D eigenvalue weighted by molar-refractivity contribution is -0.711. The Morgan fingerprint density at radius 2 is 2.47 bits per heavy atom. The van der Waals surface area contributed by atoms with Crippen LogP contribution in [0.3, 0.4) is 0 Å². The van der Waals surface area contributed by atoms with Crippen LogP contribution in [-0.4, -0.2) is 32.9 Å². The molecule has 0 atom stereocenters. The van der Waals surface area contributed by atoms with Gasteiger partial charge in [-0.3, -0.25) is 14.3 Å². The summed E-state index contributed by atoms with van der Waals surface area (Å²) in [5.74, 6) is 0.0598. The topological polar surface area (TPSA) is 110 Å². The van der Waals surface area contributed by atoms with Gasteiger partial charge in [0.15, 0.2) is 13.1 Å². The molecule has 0 unspecified atom stereocenters. The maximum atomic E-state index is 11.7. The summed E-state index contributed by atoms with van der Waals surface area (Å²) < 4.78 is 8.47. The van der Waals surface area contributed by atoms with E-state index < -0.39 is 0 Å². The van der Waals surface area contributed by atoms with Crippen LogP contribution in [0.4, 0.5) is 5.95 Å². The minimum atomic E-state index is -0.295. The van der Waals surface area contributed by atoms with Crippen LogP contribution in [0.15, 0.2) is 11.1 Å². The van der Waals surface area contributed by atoms with Crippen LogP contribution in [0.1, 0.15) is 0 Å². The Morgan fingerprint density at radius 1 is 1.71 bits per heavy atom. The van der Waals surface area contributed by atoms with Crippen molar-refractivity contribution in [2.45, 2.75) is 6.73 Å². The van der Waals surface area contributed by atoms with Crippen LogP contribution in [0.5, 0.6) is 0 Å². The van der Waals surface area contributed by atoms with E-state index >= 15 is 0 Å². The van der Waals surface area contributed by atoms with Crippen molar-refractivity contribution in [3.8, 4) is 0 Å². The summed E-state index contributed by atoms with van der Waals surface area (Å²) in [6, 6.07) is 0. The zero-order chi connectivity index (χ0) is 12.4. The van der Waals surface area contributed by atoms with Crippen LogP contribution in [0, 0.1) is 0 Å². The fourth-order valence-corrected chi connectivity index (χ4v) is 1.63. The molecule has 2 rings (SSSR count). The third kappa shape index (κ3) is 2.12. The number of imidazole rings is 1. The molecule has 0 saturated carbocycles. The SMILES string of the molecule is Cn1c[n+](COCCO)c2nc(N)[nH]c(=O)c21. The number of nitrogens with zero attached hydrogens (tertiary/aromatic N) is 3. The monoisotopic (exact) mass is 240 g/mol. The second kappa shape index (κ2) is 4.52. The maximum Gasteiger partial charge on any atom is 0.313 e. The third-order valence-electron chi connectivity index (χ3n) is 2.30. The predicted octanol–water partition coefficient (Wildman–Crippen LogP) is -1.90. The Bertz CT molecular complexity index is 588.